The number of amides is 1. The first kappa shape index (κ1) is 16.9. The van der Waals surface area contributed by atoms with Gasteiger partial charge in [0.15, 0.2) is 0 Å². The number of likely N-dealkylation sites (tertiary alicyclic amines) is 1. The summed E-state index contributed by atoms with van der Waals surface area (Å²) in [7, 11) is 0. The third kappa shape index (κ3) is 2.71. The molecule has 3 heterocycles. The number of piperidine rings is 1. The summed E-state index contributed by atoms with van der Waals surface area (Å²) in [5.74, 6) is 0.867. The number of carbonyl (C=O) groups excluding carboxylic acids is 1. The fourth-order valence-electron chi connectivity index (χ4n) is 3.84. The van der Waals surface area contributed by atoms with Crippen LogP contribution in [0.1, 0.15) is 41.7 Å². The minimum atomic E-state index is -0.431. The summed E-state index contributed by atoms with van der Waals surface area (Å²) in [5.41, 5.74) is 3.15. The molecule has 1 fully saturated rings. The van der Waals surface area contributed by atoms with Gasteiger partial charge in [-0.25, -0.2) is 4.79 Å². The number of hydrogen-bond acceptors (Lipinski definition) is 4. The van der Waals surface area contributed by atoms with Crippen molar-refractivity contribution in [2.45, 2.75) is 46.5 Å². The molecule has 0 radical (unpaired) electrons. The maximum absolute atomic E-state index is 12.6. The lowest BCUT2D eigenvalue weighted by molar-refractivity contribution is -0.131. The van der Waals surface area contributed by atoms with E-state index in [0.717, 1.165) is 53.6 Å². The van der Waals surface area contributed by atoms with Crippen molar-refractivity contribution in [3.05, 3.63) is 45.0 Å². The number of aryl methyl sites for hydroxylation is 3. The van der Waals surface area contributed by atoms with Crippen molar-refractivity contribution in [1.29, 1.82) is 0 Å². The summed E-state index contributed by atoms with van der Waals surface area (Å²) < 4.78 is 11.3. The average molecular weight is 353 g/mol. The second-order valence-electron chi connectivity index (χ2n) is 7.24. The molecule has 0 unspecified atom stereocenters. The molecule has 1 saturated heterocycles. The van der Waals surface area contributed by atoms with Gasteiger partial charge in [0.2, 0.25) is 5.91 Å². The second-order valence-corrected chi connectivity index (χ2v) is 7.24. The quantitative estimate of drug-likeness (QED) is 0.653. The Morgan fingerprint density at radius 1 is 0.962 bits per heavy atom. The van der Waals surface area contributed by atoms with Gasteiger partial charge in [0.25, 0.3) is 0 Å². The summed E-state index contributed by atoms with van der Waals surface area (Å²) in [4.78, 5) is 27.0. The molecule has 0 atom stereocenters. The maximum Gasteiger partial charge on any atom is 0.340 e. The molecule has 26 heavy (non-hydrogen) atoms. The molecular weight excluding hydrogens is 330 g/mol. The third-order valence-corrected chi connectivity index (χ3v) is 5.62. The molecule has 1 aromatic carbocycles. The first-order valence-electron chi connectivity index (χ1n) is 9.19. The molecule has 136 valence electrons. The Hall–Kier alpha value is -2.56. The molecule has 5 nitrogen and oxygen atoms in total. The molecule has 1 aliphatic rings. The molecule has 2 aromatic heterocycles. The lowest BCUT2D eigenvalue weighted by atomic mass is 10.0. The van der Waals surface area contributed by atoms with E-state index in [-0.39, 0.29) is 12.3 Å². The van der Waals surface area contributed by atoms with Gasteiger partial charge in [-0.2, -0.15) is 0 Å². The first-order valence-corrected chi connectivity index (χ1v) is 9.19. The highest BCUT2D eigenvalue weighted by atomic mass is 16.4. The van der Waals surface area contributed by atoms with Crippen molar-refractivity contribution in [3.8, 4) is 0 Å². The number of rotatable bonds is 2. The monoisotopic (exact) mass is 353 g/mol. The zero-order valence-corrected chi connectivity index (χ0v) is 15.5. The largest absolute Gasteiger partial charge is 0.461 e. The van der Waals surface area contributed by atoms with E-state index in [4.69, 9.17) is 8.83 Å². The van der Waals surface area contributed by atoms with Crippen LogP contribution < -0.4 is 5.63 Å². The molecule has 1 amide bonds. The van der Waals surface area contributed by atoms with Gasteiger partial charge in [-0.05, 0) is 57.2 Å². The molecule has 4 rings (SSSR count). The summed E-state index contributed by atoms with van der Waals surface area (Å²) in [5, 5.41) is 1.88. The van der Waals surface area contributed by atoms with Gasteiger partial charge in [0.1, 0.15) is 16.9 Å². The van der Waals surface area contributed by atoms with Crippen molar-refractivity contribution in [2.24, 2.45) is 0 Å². The van der Waals surface area contributed by atoms with Crippen molar-refractivity contribution in [2.75, 3.05) is 13.1 Å². The summed E-state index contributed by atoms with van der Waals surface area (Å²) in [6.45, 7) is 7.40. The van der Waals surface area contributed by atoms with Crippen LogP contribution in [0.25, 0.3) is 21.9 Å². The Kier molecular flexibility index (Phi) is 4.10. The van der Waals surface area contributed by atoms with E-state index in [1.807, 2.05) is 31.7 Å². The number of fused-ring (bicyclic) bond motifs is 2. The minimum absolute atomic E-state index is 0.0101. The standard InChI is InChI=1S/C21H23NO4/c1-12-14(3)25-18-11-19-16(9-15(12)18)13(2)17(21(24)26-19)10-20(23)22-7-5-4-6-8-22/h9,11H,4-8,10H2,1-3H3. The van der Waals surface area contributed by atoms with Gasteiger partial charge in [-0.3, -0.25) is 4.79 Å². The van der Waals surface area contributed by atoms with Crippen LogP contribution in [0.5, 0.6) is 0 Å². The molecule has 0 N–H and O–H groups in total. The van der Waals surface area contributed by atoms with Crippen LogP contribution in [0.4, 0.5) is 0 Å². The number of carbonyl (C=O) groups is 1. The van der Waals surface area contributed by atoms with E-state index in [2.05, 4.69) is 0 Å². The highest BCUT2D eigenvalue weighted by Crippen LogP contribution is 2.31. The summed E-state index contributed by atoms with van der Waals surface area (Å²) in [6.07, 6.45) is 3.34. The van der Waals surface area contributed by atoms with E-state index in [0.29, 0.717) is 16.7 Å². The van der Waals surface area contributed by atoms with Crippen LogP contribution in [-0.2, 0) is 11.2 Å². The zero-order valence-electron chi connectivity index (χ0n) is 15.5. The van der Waals surface area contributed by atoms with Crippen molar-refractivity contribution >= 4 is 27.8 Å². The number of furan rings is 1. The van der Waals surface area contributed by atoms with Crippen LogP contribution in [0.2, 0.25) is 0 Å². The predicted molar refractivity (Wildman–Crippen MR) is 101 cm³/mol. The molecule has 0 saturated carbocycles. The van der Waals surface area contributed by atoms with Crippen LogP contribution >= 0.6 is 0 Å². The minimum Gasteiger partial charge on any atom is -0.461 e. The Balaban J connectivity index is 1.79. The molecule has 0 bridgehead atoms. The first-order chi connectivity index (χ1) is 12.5. The Morgan fingerprint density at radius 2 is 1.62 bits per heavy atom. The highest BCUT2D eigenvalue weighted by molar-refractivity contribution is 5.97. The predicted octanol–water partition coefficient (Wildman–Crippen LogP) is 4.02. The SMILES string of the molecule is Cc1oc2cc3oc(=O)c(CC(=O)N4CCCCC4)c(C)c3cc2c1C. The van der Waals surface area contributed by atoms with Crippen LogP contribution in [0, 0.1) is 20.8 Å². The van der Waals surface area contributed by atoms with E-state index in [9.17, 15) is 9.59 Å². The lowest BCUT2D eigenvalue weighted by Crippen LogP contribution is -2.37. The lowest BCUT2D eigenvalue weighted by Gasteiger charge is -2.26. The summed E-state index contributed by atoms with van der Waals surface area (Å²) in [6, 6.07) is 3.78. The van der Waals surface area contributed by atoms with Crippen molar-refractivity contribution in [1.82, 2.24) is 4.90 Å². The normalized spacial score (nSPS) is 15.1. The van der Waals surface area contributed by atoms with Crippen molar-refractivity contribution in [3.63, 3.8) is 0 Å². The third-order valence-electron chi connectivity index (χ3n) is 5.62. The number of hydrogen-bond donors (Lipinski definition) is 0. The molecular formula is C21H23NO4. The van der Waals surface area contributed by atoms with Gasteiger partial charge in [-0.15, -0.1) is 0 Å². The fraction of sp³-hybridized carbons (Fsp3) is 0.429. The maximum atomic E-state index is 12.6. The Labute approximate surface area is 151 Å². The Morgan fingerprint density at radius 3 is 2.35 bits per heavy atom. The summed E-state index contributed by atoms with van der Waals surface area (Å²) >= 11 is 0. The second kappa shape index (κ2) is 6.31. The van der Waals surface area contributed by atoms with Gasteiger partial charge >= 0.3 is 5.63 Å². The average Bonchev–Trinajstić information content (AvgIpc) is 2.91. The number of nitrogens with zero attached hydrogens (tertiary/aromatic N) is 1. The van der Waals surface area contributed by atoms with Gasteiger partial charge in [0, 0.05) is 29.9 Å². The van der Waals surface area contributed by atoms with Crippen LogP contribution in [0.3, 0.4) is 0 Å². The molecule has 0 aliphatic carbocycles. The van der Waals surface area contributed by atoms with Gasteiger partial charge in [-0.1, -0.05) is 0 Å². The van der Waals surface area contributed by atoms with Crippen molar-refractivity contribution < 1.29 is 13.6 Å². The van der Waals surface area contributed by atoms with Crippen LogP contribution in [0.15, 0.2) is 25.8 Å². The zero-order chi connectivity index (χ0) is 18.4. The highest BCUT2D eigenvalue weighted by Gasteiger charge is 2.21. The smallest absolute Gasteiger partial charge is 0.340 e. The van der Waals surface area contributed by atoms with E-state index in [1.165, 1.54) is 6.42 Å². The Bertz CT molecular complexity index is 1070. The van der Waals surface area contributed by atoms with Gasteiger partial charge in [0.05, 0.1) is 12.0 Å². The molecule has 5 heteroatoms. The molecule has 3 aromatic rings. The van der Waals surface area contributed by atoms with Crippen LogP contribution in [-0.4, -0.2) is 23.9 Å². The van der Waals surface area contributed by atoms with E-state index >= 15 is 0 Å². The van der Waals surface area contributed by atoms with E-state index < -0.39 is 5.63 Å². The number of benzene rings is 1. The van der Waals surface area contributed by atoms with E-state index in [1.54, 1.807) is 6.07 Å². The molecule has 0 spiro atoms. The van der Waals surface area contributed by atoms with Gasteiger partial charge < -0.3 is 13.7 Å². The fourth-order valence-corrected chi connectivity index (χ4v) is 3.84. The topological polar surface area (TPSA) is 63.7 Å². The molecule has 1 aliphatic heterocycles.